The first-order valence-corrected chi connectivity index (χ1v) is 14.5. The zero-order chi connectivity index (χ0) is 27.1. The predicted molar refractivity (Wildman–Crippen MR) is 119 cm³/mol. The summed E-state index contributed by atoms with van der Waals surface area (Å²) >= 11 is 0. The van der Waals surface area contributed by atoms with Crippen LogP contribution in [0.15, 0.2) is 21.9 Å². The highest BCUT2D eigenvalue weighted by atomic mass is 31.3. The Kier molecular flexibility index (Phi) is 11.0. The minimum Gasteiger partial charge on any atom is -0.465 e. The zero-order valence-corrected chi connectivity index (χ0v) is 22.4. The number of carbonyl (C=O) groups is 1. The molecule has 1 aliphatic heterocycles. The third-order valence-electron chi connectivity index (χ3n) is 4.73. The third-order valence-corrected chi connectivity index (χ3v) is 9.78. The number of H-pyrrole nitrogens is 1. The van der Waals surface area contributed by atoms with E-state index in [1.165, 1.54) is 17.7 Å². The van der Waals surface area contributed by atoms with Crippen LogP contribution in [0.25, 0.3) is 0 Å². The first kappa shape index (κ1) is 30.7. The van der Waals surface area contributed by atoms with Crippen LogP contribution in [0.5, 0.6) is 0 Å². The largest absolute Gasteiger partial charge is 0.492 e. The maximum atomic E-state index is 12.9. The van der Waals surface area contributed by atoms with Crippen LogP contribution in [-0.2, 0) is 61.2 Å². The lowest BCUT2D eigenvalue weighted by atomic mass is 10.0. The second-order valence-electron chi connectivity index (χ2n) is 7.23. The molecule has 2 rings (SSSR count). The number of hydrogen-bond acceptors (Lipinski definition) is 14. The Hall–Kier alpha value is -1.48. The van der Waals surface area contributed by atoms with Crippen molar-refractivity contribution in [1.82, 2.24) is 9.55 Å². The number of rotatable bonds is 14. The van der Waals surface area contributed by atoms with Crippen LogP contribution in [0, 0.1) is 5.92 Å². The van der Waals surface area contributed by atoms with Gasteiger partial charge in [0.05, 0.1) is 32.0 Å². The van der Waals surface area contributed by atoms with E-state index in [9.17, 15) is 33.0 Å². The van der Waals surface area contributed by atoms with Crippen molar-refractivity contribution >= 4 is 29.4 Å². The molecule has 1 saturated heterocycles. The molecule has 17 nitrogen and oxygen atoms in total. The number of phosphoric acid groups is 3. The van der Waals surface area contributed by atoms with E-state index < -0.39 is 65.4 Å². The van der Waals surface area contributed by atoms with Gasteiger partial charge in [0, 0.05) is 46.4 Å². The van der Waals surface area contributed by atoms with Gasteiger partial charge in [-0.3, -0.25) is 37.2 Å². The number of nitrogens with one attached hydrogen (secondary N) is 1. The third kappa shape index (κ3) is 9.12. The molecule has 206 valence electrons. The van der Waals surface area contributed by atoms with E-state index in [4.69, 9.17) is 18.3 Å². The first-order valence-electron chi connectivity index (χ1n) is 10.1. The van der Waals surface area contributed by atoms with Gasteiger partial charge in [0.2, 0.25) is 0 Å². The maximum Gasteiger partial charge on any atom is 0.492 e. The van der Waals surface area contributed by atoms with E-state index >= 15 is 0 Å². The average Bonchev–Trinajstić information content (AvgIpc) is 3.19. The fraction of sp³-hybridized carbons (Fsp3) is 0.688. The minimum absolute atomic E-state index is 0.0244. The van der Waals surface area contributed by atoms with Crippen molar-refractivity contribution in [2.45, 2.75) is 32.1 Å². The number of carbonyl (C=O) groups excluding carboxylic acids is 1. The summed E-state index contributed by atoms with van der Waals surface area (Å²) in [6.07, 6.45) is 0.0585. The summed E-state index contributed by atoms with van der Waals surface area (Å²) in [5, 5.41) is 0. The molecule has 1 aliphatic rings. The van der Waals surface area contributed by atoms with Gasteiger partial charge in [0.15, 0.2) is 0 Å². The van der Waals surface area contributed by atoms with Crippen molar-refractivity contribution < 1.29 is 59.6 Å². The Morgan fingerprint density at radius 2 is 1.78 bits per heavy atom. The van der Waals surface area contributed by atoms with Crippen molar-refractivity contribution in [3.8, 4) is 0 Å². The number of ether oxygens (including phenoxy) is 2. The molecule has 1 aromatic heterocycles. The molecule has 20 heteroatoms. The summed E-state index contributed by atoms with van der Waals surface area (Å²) in [5.74, 6) is -1.06. The van der Waals surface area contributed by atoms with Gasteiger partial charge in [-0.15, -0.1) is 0 Å². The van der Waals surface area contributed by atoms with Gasteiger partial charge in [-0.25, -0.2) is 18.5 Å². The minimum atomic E-state index is -4.97. The lowest BCUT2D eigenvalue weighted by Gasteiger charge is -2.24. The molecule has 6 atom stereocenters. The highest BCUT2D eigenvalue weighted by Gasteiger charge is 2.46. The lowest BCUT2D eigenvalue weighted by Crippen LogP contribution is -2.32. The fourth-order valence-electron chi connectivity index (χ4n) is 3.04. The summed E-state index contributed by atoms with van der Waals surface area (Å²) in [4.78, 5) is 46.0. The molecule has 0 saturated carbocycles. The van der Waals surface area contributed by atoms with Crippen LogP contribution in [0.1, 0.15) is 13.3 Å². The standard InChI is InChI=1S/C16H27N2O15P3/c1-11(19)29-9-12-7-13(8-18-6-5-15(20)17-16(18)21)31-14(12)10-30-35(24,27-3)33-36(25,28-4)32-34(22,23)26-2/h5-6,12-14H,7-10H2,1-4H3,(H,22,23)(H,17,20,21)/t12-,13-,14-,35?,36?/m1/s1. The van der Waals surface area contributed by atoms with E-state index in [1.54, 1.807) is 0 Å². The van der Waals surface area contributed by atoms with Gasteiger partial charge in [0.1, 0.15) is 0 Å². The Balaban J connectivity index is 2.14. The van der Waals surface area contributed by atoms with Crippen molar-refractivity contribution in [3.63, 3.8) is 0 Å². The summed E-state index contributed by atoms with van der Waals surface area (Å²) < 4.78 is 76.5. The van der Waals surface area contributed by atoms with E-state index in [1.807, 2.05) is 0 Å². The smallest absolute Gasteiger partial charge is 0.465 e. The highest BCUT2D eigenvalue weighted by molar-refractivity contribution is 7.67. The van der Waals surface area contributed by atoms with E-state index in [-0.39, 0.29) is 19.6 Å². The molecule has 1 fully saturated rings. The maximum absolute atomic E-state index is 12.9. The summed E-state index contributed by atoms with van der Waals surface area (Å²) in [7, 11) is -12.2. The van der Waals surface area contributed by atoms with Gasteiger partial charge in [-0.2, -0.15) is 8.62 Å². The van der Waals surface area contributed by atoms with Crippen molar-refractivity contribution in [3.05, 3.63) is 33.1 Å². The normalized spacial score (nSPS) is 25.0. The molecule has 0 aromatic carbocycles. The average molecular weight is 580 g/mol. The monoisotopic (exact) mass is 580 g/mol. The van der Waals surface area contributed by atoms with Crippen molar-refractivity contribution in [2.24, 2.45) is 5.92 Å². The van der Waals surface area contributed by atoms with E-state index in [2.05, 4.69) is 22.9 Å². The van der Waals surface area contributed by atoms with Gasteiger partial charge in [0.25, 0.3) is 5.56 Å². The molecule has 3 unspecified atom stereocenters. The molecule has 0 spiro atoms. The molecule has 2 N–H and O–H groups in total. The van der Waals surface area contributed by atoms with Gasteiger partial charge in [-0.05, 0) is 6.42 Å². The van der Waals surface area contributed by atoms with Crippen molar-refractivity contribution in [1.29, 1.82) is 0 Å². The number of phosphoric ester groups is 2. The topological polar surface area (TPSA) is 217 Å². The summed E-state index contributed by atoms with van der Waals surface area (Å²) in [5.41, 5.74) is -1.23. The van der Waals surface area contributed by atoms with Crippen LogP contribution < -0.4 is 11.2 Å². The van der Waals surface area contributed by atoms with Crippen LogP contribution in [-0.4, -0.2) is 67.2 Å². The van der Waals surface area contributed by atoms with Crippen LogP contribution in [0.3, 0.4) is 0 Å². The first-order chi connectivity index (χ1) is 16.7. The number of aromatic amines is 1. The SMILES string of the molecule is COP(=O)(O)OP(=O)(OC)OP(=O)(OC)OC[C@H]1O[C@@H](Cn2ccc(=O)[nH]c2=O)C[C@@H]1COC(C)=O. The van der Waals surface area contributed by atoms with E-state index in [0.29, 0.717) is 0 Å². The van der Waals surface area contributed by atoms with Crippen molar-refractivity contribution in [2.75, 3.05) is 34.5 Å². The summed E-state index contributed by atoms with van der Waals surface area (Å²) in [6.45, 7) is 0.600. The second-order valence-corrected chi connectivity index (χ2v) is 12.6. The Labute approximate surface area is 204 Å². The predicted octanol–water partition coefficient (Wildman–Crippen LogP) is 1.18. The van der Waals surface area contributed by atoms with Crippen LogP contribution >= 0.6 is 23.5 Å². The second kappa shape index (κ2) is 12.9. The van der Waals surface area contributed by atoms with Gasteiger partial charge >= 0.3 is 35.1 Å². The Morgan fingerprint density at radius 3 is 2.33 bits per heavy atom. The van der Waals surface area contributed by atoms with Crippen LogP contribution in [0.4, 0.5) is 0 Å². The molecule has 2 heterocycles. The molecule has 1 aromatic rings. The number of esters is 1. The molecular weight excluding hydrogens is 553 g/mol. The van der Waals surface area contributed by atoms with Gasteiger partial charge in [-0.1, -0.05) is 0 Å². The highest BCUT2D eigenvalue weighted by Crippen LogP contribution is 2.71. The number of nitrogens with zero attached hydrogens (tertiary/aromatic N) is 1. The lowest BCUT2D eigenvalue weighted by molar-refractivity contribution is -0.143. The Bertz CT molecular complexity index is 1170. The molecular formula is C16H27N2O15P3. The molecule has 0 aliphatic carbocycles. The van der Waals surface area contributed by atoms with E-state index in [0.717, 1.165) is 27.4 Å². The van der Waals surface area contributed by atoms with Gasteiger partial charge < -0.3 is 14.4 Å². The summed E-state index contributed by atoms with van der Waals surface area (Å²) in [6, 6.07) is 1.16. The molecule has 0 bridgehead atoms. The molecule has 36 heavy (non-hydrogen) atoms. The molecule has 0 amide bonds. The molecule has 0 radical (unpaired) electrons. The quantitative estimate of drug-likeness (QED) is 0.233. The Morgan fingerprint density at radius 1 is 1.11 bits per heavy atom. The number of aromatic nitrogens is 2. The van der Waals surface area contributed by atoms with Crippen LogP contribution in [0.2, 0.25) is 0 Å². The zero-order valence-electron chi connectivity index (χ0n) is 19.7. The number of hydrogen-bond donors (Lipinski definition) is 2. The fourth-order valence-corrected chi connectivity index (χ4v) is 7.11.